The van der Waals surface area contributed by atoms with E-state index in [1.54, 1.807) is 0 Å². The van der Waals surface area contributed by atoms with Crippen molar-refractivity contribution in [2.75, 3.05) is 50.3 Å². The van der Waals surface area contributed by atoms with Crippen LogP contribution in [0.25, 0.3) is 0 Å². The van der Waals surface area contributed by atoms with E-state index in [1.807, 2.05) is 0 Å². The maximum absolute atomic E-state index is 9.18. The molecule has 1 fully saturated rings. The molecule has 0 aromatic heterocycles. The van der Waals surface area contributed by atoms with Crippen LogP contribution in [0.5, 0.6) is 0 Å². The number of aliphatic hydroxyl groups is 1. The first kappa shape index (κ1) is 28.8. The summed E-state index contributed by atoms with van der Waals surface area (Å²) >= 11 is 6.93. The van der Waals surface area contributed by atoms with Crippen LogP contribution in [-0.2, 0) is 18.9 Å². The van der Waals surface area contributed by atoms with Crippen molar-refractivity contribution in [2.24, 2.45) is 0 Å². The van der Waals surface area contributed by atoms with Gasteiger partial charge in [0.15, 0.2) is 5.79 Å². The van der Waals surface area contributed by atoms with E-state index in [4.69, 9.17) is 18.9 Å². The van der Waals surface area contributed by atoms with Gasteiger partial charge in [-0.1, -0.05) is 31.9 Å². The number of alkyl halides is 2. The van der Waals surface area contributed by atoms with E-state index in [2.05, 4.69) is 31.9 Å². The molecule has 30 heavy (non-hydrogen) atoms. The fourth-order valence-electron chi connectivity index (χ4n) is 3.67. The van der Waals surface area contributed by atoms with Crippen molar-refractivity contribution in [1.29, 1.82) is 0 Å². The van der Waals surface area contributed by atoms with Gasteiger partial charge in [0, 0.05) is 43.5 Å². The van der Waals surface area contributed by atoms with Gasteiger partial charge in [-0.2, -0.15) is 0 Å². The molecule has 1 saturated heterocycles. The zero-order valence-electron chi connectivity index (χ0n) is 18.8. The van der Waals surface area contributed by atoms with Crippen LogP contribution in [0.15, 0.2) is 0 Å². The smallest absolute Gasteiger partial charge is 0.194 e. The van der Waals surface area contributed by atoms with Gasteiger partial charge in [0.2, 0.25) is 0 Å². The molecule has 0 amide bonds. The van der Waals surface area contributed by atoms with Gasteiger partial charge >= 0.3 is 0 Å². The van der Waals surface area contributed by atoms with Crippen molar-refractivity contribution in [3.8, 4) is 0 Å². The number of aliphatic hydroxyl groups excluding tert-OH is 1. The van der Waals surface area contributed by atoms with E-state index in [0.29, 0.717) is 6.61 Å². The van der Waals surface area contributed by atoms with Gasteiger partial charge in [-0.3, -0.25) is 0 Å². The molecule has 0 spiro atoms. The lowest BCUT2D eigenvalue weighted by Gasteiger charge is -2.42. The molecule has 180 valence electrons. The second-order valence-electron chi connectivity index (χ2n) is 8.01. The molecule has 0 bridgehead atoms. The SMILES string of the molecule is OCCCCC(OCCCCBr)C1(OCCCCCOCCCCBr)CCCCO1. The van der Waals surface area contributed by atoms with Crippen molar-refractivity contribution in [1.82, 2.24) is 0 Å². The highest BCUT2D eigenvalue weighted by Gasteiger charge is 2.43. The Morgan fingerprint density at radius 2 is 1.50 bits per heavy atom. The fraction of sp³-hybridized carbons (Fsp3) is 1.00. The van der Waals surface area contributed by atoms with Crippen molar-refractivity contribution >= 4 is 31.9 Å². The Morgan fingerprint density at radius 3 is 2.17 bits per heavy atom. The van der Waals surface area contributed by atoms with Gasteiger partial charge in [-0.15, -0.1) is 0 Å². The molecule has 1 aliphatic rings. The average Bonchev–Trinajstić information content (AvgIpc) is 2.77. The Hall–Kier alpha value is 0.760. The molecule has 5 nitrogen and oxygen atoms in total. The number of hydrogen-bond acceptors (Lipinski definition) is 5. The molecular formula is C23H44Br2O5. The minimum absolute atomic E-state index is 0.0579. The second-order valence-corrected chi connectivity index (χ2v) is 9.60. The molecule has 0 saturated carbocycles. The quantitative estimate of drug-likeness (QED) is 0.138. The molecule has 0 aromatic carbocycles. The minimum Gasteiger partial charge on any atom is -0.396 e. The summed E-state index contributed by atoms with van der Waals surface area (Å²) in [5.74, 6) is -0.617. The zero-order chi connectivity index (χ0) is 21.8. The summed E-state index contributed by atoms with van der Waals surface area (Å²) in [5.41, 5.74) is 0. The molecule has 0 aliphatic carbocycles. The summed E-state index contributed by atoms with van der Waals surface area (Å²) in [6.07, 6.45) is 13.3. The molecule has 2 unspecified atom stereocenters. The van der Waals surface area contributed by atoms with Crippen molar-refractivity contribution < 1.29 is 24.1 Å². The van der Waals surface area contributed by atoms with Gasteiger partial charge in [0.1, 0.15) is 6.10 Å². The highest BCUT2D eigenvalue weighted by molar-refractivity contribution is 9.09. The lowest BCUT2D eigenvalue weighted by atomic mass is 9.95. The van der Waals surface area contributed by atoms with Crippen LogP contribution in [0.4, 0.5) is 0 Å². The Bertz CT molecular complexity index is 368. The fourth-order valence-corrected chi connectivity index (χ4v) is 4.47. The highest BCUT2D eigenvalue weighted by Crippen LogP contribution is 2.34. The normalized spacial score (nSPS) is 20.5. The van der Waals surface area contributed by atoms with Crippen molar-refractivity contribution in [3.05, 3.63) is 0 Å². The van der Waals surface area contributed by atoms with Crippen molar-refractivity contribution in [3.63, 3.8) is 0 Å². The van der Waals surface area contributed by atoms with Crippen LogP contribution in [0.2, 0.25) is 0 Å². The van der Waals surface area contributed by atoms with Crippen LogP contribution < -0.4 is 0 Å². The highest BCUT2D eigenvalue weighted by atomic mass is 79.9. The summed E-state index contributed by atoms with van der Waals surface area (Å²) in [7, 11) is 0. The third kappa shape index (κ3) is 13.3. The zero-order valence-corrected chi connectivity index (χ0v) is 21.9. The summed E-state index contributed by atoms with van der Waals surface area (Å²) in [6, 6.07) is 0. The van der Waals surface area contributed by atoms with Crippen molar-refractivity contribution in [2.45, 2.75) is 95.4 Å². The molecule has 2 atom stereocenters. The first-order valence-electron chi connectivity index (χ1n) is 12.0. The number of halogens is 2. The predicted molar refractivity (Wildman–Crippen MR) is 130 cm³/mol. The molecule has 1 heterocycles. The number of hydrogen-bond donors (Lipinski definition) is 1. The summed E-state index contributed by atoms with van der Waals surface area (Å²) < 4.78 is 24.6. The van der Waals surface area contributed by atoms with Gasteiger partial charge in [0.05, 0.1) is 13.2 Å². The Balaban J connectivity index is 2.41. The maximum atomic E-state index is 9.18. The largest absolute Gasteiger partial charge is 0.396 e. The van der Waals surface area contributed by atoms with Crippen LogP contribution >= 0.6 is 31.9 Å². The van der Waals surface area contributed by atoms with Crippen LogP contribution in [-0.4, -0.2) is 67.3 Å². The molecule has 0 radical (unpaired) electrons. The van der Waals surface area contributed by atoms with Crippen LogP contribution in [0, 0.1) is 0 Å². The molecule has 0 aromatic rings. The first-order chi connectivity index (χ1) is 14.8. The summed E-state index contributed by atoms with van der Waals surface area (Å²) in [6.45, 7) is 4.10. The number of unbranched alkanes of at least 4 members (excludes halogenated alkanes) is 5. The van der Waals surface area contributed by atoms with Gasteiger partial charge < -0.3 is 24.1 Å². The monoisotopic (exact) mass is 558 g/mol. The second kappa shape index (κ2) is 20.4. The van der Waals surface area contributed by atoms with E-state index in [1.165, 1.54) is 6.42 Å². The molecule has 1 aliphatic heterocycles. The number of rotatable bonds is 21. The topological polar surface area (TPSA) is 57.2 Å². The Kier molecular flexibility index (Phi) is 19.6. The lowest BCUT2D eigenvalue weighted by Crippen LogP contribution is -2.51. The van der Waals surface area contributed by atoms with E-state index in [-0.39, 0.29) is 12.7 Å². The van der Waals surface area contributed by atoms with E-state index >= 15 is 0 Å². The Labute approximate surface area is 201 Å². The van der Waals surface area contributed by atoms with Crippen LogP contribution in [0.1, 0.15) is 83.5 Å². The predicted octanol–water partition coefficient (Wildman–Crippen LogP) is 5.98. The minimum atomic E-state index is -0.617. The summed E-state index contributed by atoms with van der Waals surface area (Å²) in [4.78, 5) is 0. The average molecular weight is 560 g/mol. The van der Waals surface area contributed by atoms with Gasteiger partial charge in [0.25, 0.3) is 0 Å². The third-order valence-electron chi connectivity index (χ3n) is 5.43. The Morgan fingerprint density at radius 1 is 0.800 bits per heavy atom. The maximum Gasteiger partial charge on any atom is 0.194 e. The van der Waals surface area contributed by atoms with E-state index in [9.17, 15) is 5.11 Å². The van der Waals surface area contributed by atoms with E-state index in [0.717, 1.165) is 114 Å². The van der Waals surface area contributed by atoms with E-state index < -0.39 is 5.79 Å². The standard InChI is InChI=1S/C23H44Br2O5/c24-14-4-10-18-27-17-7-1-8-20-29-23(13-3-9-21-30-23)22(12-2-6-16-26)28-19-11-5-15-25/h22,26H,1-21H2. The molecular weight excluding hydrogens is 516 g/mol. The lowest BCUT2D eigenvalue weighted by molar-refractivity contribution is -0.308. The summed E-state index contributed by atoms with van der Waals surface area (Å²) in [5, 5.41) is 11.2. The third-order valence-corrected chi connectivity index (χ3v) is 6.55. The molecule has 1 N–H and O–H groups in total. The van der Waals surface area contributed by atoms with Gasteiger partial charge in [-0.25, -0.2) is 0 Å². The van der Waals surface area contributed by atoms with Crippen LogP contribution in [0.3, 0.4) is 0 Å². The van der Waals surface area contributed by atoms with Gasteiger partial charge in [-0.05, 0) is 77.0 Å². The molecule has 1 rings (SSSR count). The number of ether oxygens (including phenoxy) is 4. The molecule has 7 heteroatoms. The first-order valence-corrected chi connectivity index (χ1v) is 14.2.